The van der Waals surface area contributed by atoms with Gasteiger partial charge in [-0.2, -0.15) is 0 Å². The predicted molar refractivity (Wildman–Crippen MR) is 256 cm³/mol. The second-order valence-corrected chi connectivity index (χ2v) is 16.0. The minimum atomic E-state index is -0.804. The number of ether oxygens (including phenoxy) is 3. The fraction of sp³-hybridized carbons (Fsp3) is 0.685. The highest BCUT2D eigenvalue weighted by molar-refractivity contribution is 5.71. The summed E-state index contributed by atoms with van der Waals surface area (Å²) in [6.07, 6.45) is 61.4. The molecule has 0 aliphatic heterocycles. The van der Waals surface area contributed by atoms with E-state index < -0.39 is 6.10 Å². The van der Waals surface area contributed by atoms with E-state index in [9.17, 15) is 14.4 Å². The number of carbonyl (C=O) groups excluding carboxylic acids is 3. The normalized spacial score (nSPS) is 12.8. The van der Waals surface area contributed by atoms with Crippen LogP contribution in [-0.2, 0) is 28.6 Å². The molecule has 0 rings (SSSR count). The lowest BCUT2D eigenvalue weighted by atomic mass is 10.1. The molecule has 0 spiro atoms. The van der Waals surface area contributed by atoms with Crippen LogP contribution in [0.1, 0.15) is 220 Å². The zero-order chi connectivity index (χ0) is 43.7. The van der Waals surface area contributed by atoms with Crippen molar-refractivity contribution in [2.45, 2.75) is 226 Å². The zero-order valence-corrected chi connectivity index (χ0v) is 38.9. The van der Waals surface area contributed by atoms with Crippen LogP contribution in [0.5, 0.6) is 0 Å². The molecule has 0 radical (unpaired) electrons. The molecule has 0 bridgehead atoms. The second kappa shape index (κ2) is 48.3. The van der Waals surface area contributed by atoms with Crippen LogP contribution in [0.15, 0.2) is 85.1 Å². The van der Waals surface area contributed by atoms with E-state index >= 15 is 0 Å². The third-order valence-electron chi connectivity index (χ3n) is 10.1. The molecule has 0 N–H and O–H groups in total. The van der Waals surface area contributed by atoms with Gasteiger partial charge in [0.05, 0.1) is 0 Å². The smallest absolute Gasteiger partial charge is 0.306 e. The van der Waals surface area contributed by atoms with Crippen molar-refractivity contribution in [1.82, 2.24) is 0 Å². The van der Waals surface area contributed by atoms with Gasteiger partial charge in [-0.05, 0) is 83.5 Å². The molecule has 342 valence electrons. The zero-order valence-electron chi connectivity index (χ0n) is 38.9. The number of hydrogen-bond acceptors (Lipinski definition) is 6. The van der Waals surface area contributed by atoms with Gasteiger partial charge in [0.25, 0.3) is 0 Å². The van der Waals surface area contributed by atoms with Gasteiger partial charge in [-0.1, -0.05) is 202 Å². The van der Waals surface area contributed by atoms with Crippen LogP contribution in [-0.4, -0.2) is 37.2 Å². The van der Waals surface area contributed by atoms with Crippen molar-refractivity contribution >= 4 is 17.9 Å². The lowest BCUT2D eigenvalue weighted by Crippen LogP contribution is -2.30. The van der Waals surface area contributed by atoms with Gasteiger partial charge in [0.1, 0.15) is 13.2 Å². The average Bonchev–Trinajstić information content (AvgIpc) is 3.24. The van der Waals surface area contributed by atoms with Crippen molar-refractivity contribution < 1.29 is 28.6 Å². The van der Waals surface area contributed by atoms with Gasteiger partial charge in [0.2, 0.25) is 0 Å². The highest BCUT2D eigenvalue weighted by Crippen LogP contribution is 2.14. The SMILES string of the molecule is CC/C=C\C/C=C\C/C=C\C/C=C\C/C=C\CCCC(=O)OCC(COC(=O)CCCCCCCCCCCCC)OC(=O)CCCCCCC/C=C\C/C=C\CCCC. The summed E-state index contributed by atoms with van der Waals surface area (Å²) in [5.74, 6) is -0.978. The molecule has 0 amide bonds. The number of rotatable bonds is 43. The molecule has 0 aromatic rings. The summed E-state index contributed by atoms with van der Waals surface area (Å²) in [5.41, 5.74) is 0. The highest BCUT2D eigenvalue weighted by Gasteiger charge is 2.19. The molecule has 0 heterocycles. The van der Waals surface area contributed by atoms with E-state index in [1.54, 1.807) is 0 Å². The first-order chi connectivity index (χ1) is 29.5. The quantitative estimate of drug-likeness (QED) is 0.0263. The third-order valence-corrected chi connectivity index (χ3v) is 10.1. The maximum absolute atomic E-state index is 12.8. The van der Waals surface area contributed by atoms with E-state index in [1.165, 1.54) is 70.6 Å². The molecular weight excluding hydrogens is 745 g/mol. The van der Waals surface area contributed by atoms with Crippen molar-refractivity contribution in [1.29, 1.82) is 0 Å². The van der Waals surface area contributed by atoms with Gasteiger partial charge in [-0.3, -0.25) is 14.4 Å². The van der Waals surface area contributed by atoms with E-state index in [0.29, 0.717) is 19.3 Å². The fourth-order valence-electron chi connectivity index (χ4n) is 6.43. The van der Waals surface area contributed by atoms with Gasteiger partial charge < -0.3 is 14.2 Å². The van der Waals surface area contributed by atoms with Crippen LogP contribution in [0.2, 0.25) is 0 Å². The maximum Gasteiger partial charge on any atom is 0.306 e. The monoisotopic (exact) mass is 835 g/mol. The highest BCUT2D eigenvalue weighted by atomic mass is 16.6. The predicted octanol–water partition coefficient (Wildman–Crippen LogP) is 16.0. The van der Waals surface area contributed by atoms with Crippen molar-refractivity contribution in [3.63, 3.8) is 0 Å². The molecule has 0 aromatic heterocycles. The Bertz CT molecular complexity index is 1190. The van der Waals surface area contributed by atoms with Crippen molar-refractivity contribution in [2.24, 2.45) is 0 Å². The molecule has 6 heteroatoms. The Labute approximate surface area is 369 Å². The Hall–Kier alpha value is -3.41. The molecule has 0 saturated carbocycles. The van der Waals surface area contributed by atoms with Gasteiger partial charge in [-0.15, -0.1) is 0 Å². The van der Waals surface area contributed by atoms with Gasteiger partial charge in [0.15, 0.2) is 6.10 Å². The van der Waals surface area contributed by atoms with Crippen molar-refractivity contribution in [2.75, 3.05) is 13.2 Å². The molecule has 0 aliphatic carbocycles. The lowest BCUT2D eigenvalue weighted by molar-refractivity contribution is -0.167. The summed E-state index contributed by atoms with van der Waals surface area (Å²) in [7, 11) is 0. The van der Waals surface area contributed by atoms with Gasteiger partial charge in [0, 0.05) is 19.3 Å². The number of unbranched alkanes of at least 4 members (excludes halogenated alkanes) is 18. The minimum Gasteiger partial charge on any atom is -0.462 e. The van der Waals surface area contributed by atoms with E-state index in [-0.39, 0.29) is 37.5 Å². The molecule has 60 heavy (non-hydrogen) atoms. The van der Waals surface area contributed by atoms with Crippen molar-refractivity contribution in [3.05, 3.63) is 85.1 Å². The minimum absolute atomic E-state index is 0.0992. The average molecular weight is 835 g/mol. The fourth-order valence-corrected chi connectivity index (χ4v) is 6.43. The first-order valence-electron chi connectivity index (χ1n) is 24.6. The molecule has 1 unspecified atom stereocenters. The topological polar surface area (TPSA) is 78.9 Å². The lowest BCUT2D eigenvalue weighted by Gasteiger charge is -2.18. The van der Waals surface area contributed by atoms with Crippen molar-refractivity contribution in [3.8, 4) is 0 Å². The second-order valence-electron chi connectivity index (χ2n) is 16.0. The van der Waals surface area contributed by atoms with Gasteiger partial charge >= 0.3 is 17.9 Å². The van der Waals surface area contributed by atoms with Crippen LogP contribution in [0.3, 0.4) is 0 Å². The summed E-state index contributed by atoms with van der Waals surface area (Å²) < 4.78 is 16.7. The first-order valence-corrected chi connectivity index (χ1v) is 24.6. The van der Waals surface area contributed by atoms with E-state index in [4.69, 9.17) is 14.2 Å². The Balaban J connectivity index is 4.49. The van der Waals surface area contributed by atoms with Crippen LogP contribution in [0.25, 0.3) is 0 Å². The van der Waals surface area contributed by atoms with Crippen LogP contribution in [0.4, 0.5) is 0 Å². The standard InChI is InChI=1S/C54H90O6/c1-4-7-10-13-16-19-22-24-26-27-28-30-32-35-38-41-44-47-53(56)59-50-51(49-58-52(55)46-43-40-37-34-31-21-18-15-12-9-6-3)60-54(57)48-45-42-39-36-33-29-25-23-20-17-14-11-8-5-2/h7,10,14,16-17,19,23-26,28,30,35,38,51H,4-6,8-9,11-13,15,18,20-22,27,29,31-34,36-37,39-50H2,1-3H3/b10-7-,17-14-,19-16-,25-23-,26-24-,30-28-,38-35-. The van der Waals surface area contributed by atoms with E-state index in [1.807, 2.05) is 0 Å². The van der Waals surface area contributed by atoms with Gasteiger partial charge in [-0.25, -0.2) is 0 Å². The molecule has 0 saturated heterocycles. The summed E-state index contributed by atoms with van der Waals surface area (Å²) in [5, 5.41) is 0. The molecule has 6 nitrogen and oxygen atoms in total. The maximum atomic E-state index is 12.8. The first kappa shape index (κ1) is 56.6. The third kappa shape index (κ3) is 45.7. The molecule has 0 fully saturated rings. The number of allylic oxidation sites excluding steroid dienone is 14. The Morgan fingerprint density at radius 2 is 0.683 bits per heavy atom. The summed E-state index contributed by atoms with van der Waals surface area (Å²) in [4.78, 5) is 37.8. The molecule has 0 aliphatic rings. The number of carbonyl (C=O) groups is 3. The van der Waals surface area contributed by atoms with E-state index in [2.05, 4.69) is 106 Å². The summed E-state index contributed by atoms with van der Waals surface area (Å²) >= 11 is 0. The summed E-state index contributed by atoms with van der Waals surface area (Å²) in [6.45, 7) is 6.40. The molecule has 1 atom stereocenters. The largest absolute Gasteiger partial charge is 0.462 e. The molecular formula is C54H90O6. The summed E-state index contributed by atoms with van der Waals surface area (Å²) in [6, 6.07) is 0. The Morgan fingerprint density at radius 1 is 0.350 bits per heavy atom. The number of esters is 3. The van der Waals surface area contributed by atoms with Crippen LogP contribution >= 0.6 is 0 Å². The van der Waals surface area contributed by atoms with Crippen LogP contribution < -0.4 is 0 Å². The van der Waals surface area contributed by atoms with Crippen LogP contribution in [0, 0.1) is 0 Å². The van der Waals surface area contributed by atoms with E-state index in [0.717, 1.165) is 103 Å². The Morgan fingerprint density at radius 3 is 1.13 bits per heavy atom. The Kier molecular flexibility index (Phi) is 45.5. The molecule has 0 aromatic carbocycles. The number of hydrogen-bond donors (Lipinski definition) is 0.